The van der Waals surface area contributed by atoms with E-state index in [0.717, 1.165) is 5.75 Å². The van der Waals surface area contributed by atoms with Gasteiger partial charge in [0.25, 0.3) is 0 Å². The molecule has 1 atom stereocenters. The normalized spacial score (nSPS) is 12.4. The first-order valence-corrected chi connectivity index (χ1v) is 7.40. The Kier molecular flexibility index (Phi) is 5.02. The molecule has 0 aliphatic heterocycles. The van der Waals surface area contributed by atoms with E-state index in [1.165, 1.54) is 21.6 Å². The van der Waals surface area contributed by atoms with Crippen molar-refractivity contribution in [3.05, 3.63) is 65.2 Å². The Labute approximate surface area is 119 Å². The summed E-state index contributed by atoms with van der Waals surface area (Å²) in [5.74, 6) is 6.62. The molecular formula is C16H20N2S. The molecule has 2 aromatic carbocycles. The summed E-state index contributed by atoms with van der Waals surface area (Å²) >= 11 is 1.84. The van der Waals surface area contributed by atoms with Crippen molar-refractivity contribution >= 4 is 11.8 Å². The number of nitrogens with two attached hydrogens (primary N) is 1. The van der Waals surface area contributed by atoms with Gasteiger partial charge in [0, 0.05) is 10.6 Å². The minimum Gasteiger partial charge on any atom is -0.271 e. The average molecular weight is 272 g/mol. The number of hydrogen-bond donors (Lipinski definition) is 2. The van der Waals surface area contributed by atoms with Gasteiger partial charge in [-0.1, -0.05) is 48.0 Å². The van der Waals surface area contributed by atoms with Gasteiger partial charge in [-0.3, -0.25) is 11.3 Å². The van der Waals surface area contributed by atoms with E-state index in [1.807, 2.05) is 11.8 Å². The maximum Gasteiger partial charge on any atom is 0.0554 e. The minimum atomic E-state index is 0.171. The summed E-state index contributed by atoms with van der Waals surface area (Å²) < 4.78 is 0. The van der Waals surface area contributed by atoms with E-state index in [1.54, 1.807) is 0 Å². The standard InChI is InChI=1S/C16H20N2S/c1-12-6-5-8-14(10-12)15(18-17)11-19-16-9-4-3-7-13(16)2/h3-10,15,18H,11,17H2,1-2H3. The summed E-state index contributed by atoms with van der Waals surface area (Å²) in [6.07, 6.45) is 0. The lowest BCUT2D eigenvalue weighted by atomic mass is 10.1. The lowest BCUT2D eigenvalue weighted by molar-refractivity contribution is 0.610. The van der Waals surface area contributed by atoms with Crippen molar-refractivity contribution in [2.75, 3.05) is 5.75 Å². The number of benzene rings is 2. The molecule has 0 fully saturated rings. The largest absolute Gasteiger partial charge is 0.271 e. The molecule has 19 heavy (non-hydrogen) atoms. The highest BCUT2D eigenvalue weighted by atomic mass is 32.2. The number of hydrazine groups is 1. The van der Waals surface area contributed by atoms with E-state index >= 15 is 0 Å². The van der Waals surface area contributed by atoms with Crippen molar-refractivity contribution in [1.82, 2.24) is 5.43 Å². The molecule has 0 amide bonds. The van der Waals surface area contributed by atoms with Crippen molar-refractivity contribution in [2.24, 2.45) is 5.84 Å². The minimum absolute atomic E-state index is 0.171. The molecule has 0 spiro atoms. The lowest BCUT2D eigenvalue weighted by Gasteiger charge is -2.17. The third kappa shape index (κ3) is 3.83. The molecule has 0 aromatic heterocycles. The smallest absolute Gasteiger partial charge is 0.0554 e. The highest BCUT2D eigenvalue weighted by molar-refractivity contribution is 7.99. The van der Waals surface area contributed by atoms with E-state index in [4.69, 9.17) is 5.84 Å². The zero-order valence-corrected chi connectivity index (χ0v) is 12.2. The Balaban J connectivity index is 2.06. The molecule has 0 aliphatic carbocycles. The van der Waals surface area contributed by atoms with Crippen LogP contribution >= 0.6 is 11.8 Å². The molecule has 1 unspecified atom stereocenters. The van der Waals surface area contributed by atoms with Gasteiger partial charge < -0.3 is 0 Å². The maximum atomic E-state index is 5.69. The van der Waals surface area contributed by atoms with Gasteiger partial charge in [0.15, 0.2) is 0 Å². The Bertz CT molecular complexity index is 540. The fourth-order valence-corrected chi connectivity index (χ4v) is 3.12. The molecule has 2 nitrogen and oxygen atoms in total. The number of hydrogen-bond acceptors (Lipinski definition) is 3. The van der Waals surface area contributed by atoms with Crippen LogP contribution in [0.15, 0.2) is 53.4 Å². The SMILES string of the molecule is Cc1cccc(C(CSc2ccccc2C)NN)c1. The van der Waals surface area contributed by atoms with E-state index in [0.29, 0.717) is 0 Å². The van der Waals surface area contributed by atoms with E-state index < -0.39 is 0 Å². The molecule has 0 radical (unpaired) electrons. The first kappa shape index (κ1) is 14.1. The van der Waals surface area contributed by atoms with Crippen molar-refractivity contribution in [2.45, 2.75) is 24.8 Å². The quantitative estimate of drug-likeness (QED) is 0.496. The third-order valence-electron chi connectivity index (χ3n) is 3.14. The van der Waals surface area contributed by atoms with Crippen LogP contribution in [0.3, 0.4) is 0 Å². The van der Waals surface area contributed by atoms with Crippen LogP contribution in [0.2, 0.25) is 0 Å². The lowest BCUT2D eigenvalue weighted by Crippen LogP contribution is -2.29. The second kappa shape index (κ2) is 6.75. The van der Waals surface area contributed by atoms with E-state index in [9.17, 15) is 0 Å². The fraction of sp³-hybridized carbons (Fsp3) is 0.250. The topological polar surface area (TPSA) is 38.0 Å². The molecule has 0 aliphatic rings. The monoisotopic (exact) mass is 272 g/mol. The van der Waals surface area contributed by atoms with Crippen LogP contribution in [0.5, 0.6) is 0 Å². The number of rotatable bonds is 5. The Morgan fingerprint density at radius 3 is 2.58 bits per heavy atom. The second-order valence-corrected chi connectivity index (χ2v) is 5.77. The van der Waals surface area contributed by atoms with Crippen LogP contribution in [-0.4, -0.2) is 5.75 Å². The van der Waals surface area contributed by atoms with Gasteiger partial charge in [-0.2, -0.15) is 0 Å². The van der Waals surface area contributed by atoms with Crippen LogP contribution in [0.1, 0.15) is 22.7 Å². The molecule has 2 aromatic rings. The van der Waals surface area contributed by atoms with E-state index in [2.05, 4.69) is 67.8 Å². The number of nitrogens with one attached hydrogen (secondary N) is 1. The van der Waals surface area contributed by atoms with Crippen molar-refractivity contribution in [1.29, 1.82) is 0 Å². The molecule has 0 saturated carbocycles. The molecule has 0 saturated heterocycles. The predicted molar refractivity (Wildman–Crippen MR) is 83.1 cm³/mol. The number of thioether (sulfide) groups is 1. The summed E-state index contributed by atoms with van der Waals surface area (Å²) in [5.41, 5.74) is 6.73. The highest BCUT2D eigenvalue weighted by Gasteiger charge is 2.10. The van der Waals surface area contributed by atoms with Crippen LogP contribution in [-0.2, 0) is 0 Å². The van der Waals surface area contributed by atoms with Gasteiger partial charge >= 0.3 is 0 Å². The molecule has 0 heterocycles. The first-order chi connectivity index (χ1) is 9.20. The Hall–Kier alpha value is -1.29. The van der Waals surface area contributed by atoms with Gasteiger partial charge in [-0.05, 0) is 31.0 Å². The Morgan fingerprint density at radius 2 is 1.89 bits per heavy atom. The van der Waals surface area contributed by atoms with Crippen LogP contribution in [0, 0.1) is 13.8 Å². The second-order valence-electron chi connectivity index (χ2n) is 4.71. The summed E-state index contributed by atoms with van der Waals surface area (Å²) in [5, 5.41) is 0. The zero-order chi connectivity index (χ0) is 13.7. The number of aryl methyl sites for hydroxylation is 2. The third-order valence-corrected chi connectivity index (χ3v) is 4.41. The van der Waals surface area contributed by atoms with Crippen LogP contribution in [0.4, 0.5) is 0 Å². The van der Waals surface area contributed by atoms with Gasteiger partial charge in [-0.15, -0.1) is 11.8 Å². The van der Waals surface area contributed by atoms with Gasteiger partial charge in [-0.25, -0.2) is 0 Å². The van der Waals surface area contributed by atoms with Crippen LogP contribution < -0.4 is 11.3 Å². The molecule has 3 N–H and O–H groups in total. The van der Waals surface area contributed by atoms with Crippen molar-refractivity contribution in [3.8, 4) is 0 Å². The highest BCUT2D eigenvalue weighted by Crippen LogP contribution is 2.27. The first-order valence-electron chi connectivity index (χ1n) is 6.42. The molecule has 3 heteroatoms. The summed E-state index contributed by atoms with van der Waals surface area (Å²) in [6.45, 7) is 4.24. The summed E-state index contributed by atoms with van der Waals surface area (Å²) in [6, 6.07) is 17.1. The van der Waals surface area contributed by atoms with Gasteiger partial charge in [0.05, 0.1) is 6.04 Å². The summed E-state index contributed by atoms with van der Waals surface area (Å²) in [4.78, 5) is 1.32. The van der Waals surface area contributed by atoms with Crippen molar-refractivity contribution < 1.29 is 0 Å². The molecule has 2 rings (SSSR count). The van der Waals surface area contributed by atoms with Gasteiger partial charge in [0.1, 0.15) is 0 Å². The molecule has 0 bridgehead atoms. The molecular weight excluding hydrogens is 252 g/mol. The van der Waals surface area contributed by atoms with Crippen LogP contribution in [0.25, 0.3) is 0 Å². The van der Waals surface area contributed by atoms with Crippen molar-refractivity contribution in [3.63, 3.8) is 0 Å². The summed E-state index contributed by atoms with van der Waals surface area (Å²) in [7, 11) is 0. The maximum absolute atomic E-state index is 5.69. The Morgan fingerprint density at radius 1 is 1.11 bits per heavy atom. The molecule has 100 valence electrons. The fourth-order valence-electron chi connectivity index (χ4n) is 2.02. The average Bonchev–Trinajstić information content (AvgIpc) is 2.41. The van der Waals surface area contributed by atoms with E-state index in [-0.39, 0.29) is 6.04 Å². The predicted octanol–water partition coefficient (Wildman–Crippen LogP) is 3.60. The van der Waals surface area contributed by atoms with Gasteiger partial charge in [0.2, 0.25) is 0 Å². The zero-order valence-electron chi connectivity index (χ0n) is 11.4.